The molecule has 2 unspecified atom stereocenters. The molecule has 136 valence electrons. The van der Waals surface area contributed by atoms with E-state index in [9.17, 15) is 13.2 Å². The summed E-state index contributed by atoms with van der Waals surface area (Å²) in [5.41, 5.74) is 0.109. The fourth-order valence-corrected chi connectivity index (χ4v) is 5.35. The minimum Gasteiger partial charge on any atom is -0.362 e. The lowest BCUT2D eigenvalue weighted by Crippen LogP contribution is -2.59. The maximum Gasteiger partial charge on any atom is 0.392 e. The number of allylic oxidation sites excluding steroid dienone is 1. The van der Waals surface area contributed by atoms with E-state index < -0.39 is 12.1 Å². The normalized spacial score (nSPS) is 32.3. The first kappa shape index (κ1) is 18.4. The van der Waals surface area contributed by atoms with Crippen molar-refractivity contribution in [3.05, 3.63) is 10.6 Å². The third-order valence-corrected chi connectivity index (χ3v) is 6.79. The first-order valence-electron chi connectivity index (χ1n) is 8.53. The zero-order valence-electron chi connectivity index (χ0n) is 14.1. The van der Waals surface area contributed by atoms with Crippen LogP contribution >= 0.6 is 11.8 Å². The molecule has 0 amide bonds. The lowest BCUT2D eigenvalue weighted by atomic mass is 9.57. The zero-order chi connectivity index (χ0) is 18.2. The smallest absolute Gasteiger partial charge is 0.362 e. The van der Waals surface area contributed by atoms with Gasteiger partial charge in [-0.2, -0.15) is 23.7 Å². The van der Waals surface area contributed by atoms with Gasteiger partial charge < -0.3 is 4.90 Å². The van der Waals surface area contributed by atoms with Crippen molar-refractivity contribution in [2.75, 3.05) is 32.4 Å². The molecule has 3 aliphatic carbocycles. The molecule has 4 fully saturated rings. The van der Waals surface area contributed by atoms with E-state index in [1.54, 1.807) is 0 Å². The number of rotatable bonds is 3. The topological polar surface area (TPSA) is 54.1 Å². The van der Waals surface area contributed by atoms with Crippen LogP contribution in [0.5, 0.6) is 0 Å². The predicted molar refractivity (Wildman–Crippen MR) is 89.1 cm³/mol. The number of hydrogen-bond donors (Lipinski definition) is 0. The van der Waals surface area contributed by atoms with Gasteiger partial charge in [0, 0.05) is 32.2 Å². The average molecular weight is 370 g/mol. The first-order chi connectivity index (χ1) is 11.9. The molecule has 0 N–H and O–H groups in total. The van der Waals surface area contributed by atoms with Gasteiger partial charge >= 0.3 is 6.18 Å². The second-order valence-corrected chi connectivity index (χ2v) is 7.87. The molecule has 2 bridgehead atoms. The maximum atomic E-state index is 13.2. The summed E-state index contributed by atoms with van der Waals surface area (Å²) in [5, 5.41) is 18.8. The van der Waals surface area contributed by atoms with E-state index in [1.807, 2.05) is 23.3 Å². The second-order valence-electron chi connectivity index (χ2n) is 7.07. The van der Waals surface area contributed by atoms with Crippen LogP contribution in [-0.4, -0.2) is 54.5 Å². The minimum absolute atomic E-state index is 0.0203. The third-order valence-electron chi connectivity index (χ3n) is 5.94. The van der Waals surface area contributed by atoms with Crippen LogP contribution in [0, 0.1) is 40.4 Å². The Kier molecular flexibility index (Phi) is 5.22. The van der Waals surface area contributed by atoms with E-state index >= 15 is 0 Å². The summed E-state index contributed by atoms with van der Waals surface area (Å²) in [7, 11) is 0. The highest BCUT2D eigenvalue weighted by Crippen LogP contribution is 2.55. The Balaban J connectivity index is 1.64. The van der Waals surface area contributed by atoms with Gasteiger partial charge in [-0.1, -0.05) is 0 Å². The number of halogens is 3. The summed E-state index contributed by atoms with van der Waals surface area (Å²) >= 11 is 1.38. The Hall–Kier alpha value is -1.38. The highest BCUT2D eigenvalue weighted by Gasteiger charge is 2.56. The van der Waals surface area contributed by atoms with Gasteiger partial charge in [0.25, 0.3) is 0 Å². The molecule has 4 rings (SSSR count). The largest absolute Gasteiger partial charge is 0.392 e. The quantitative estimate of drug-likeness (QED) is 0.714. The van der Waals surface area contributed by atoms with Crippen LogP contribution in [0.25, 0.3) is 0 Å². The van der Waals surface area contributed by atoms with Gasteiger partial charge in [-0.15, -0.1) is 11.8 Å². The molecular formula is C17H21F3N4S. The Morgan fingerprint density at radius 3 is 2.08 bits per heavy atom. The summed E-state index contributed by atoms with van der Waals surface area (Å²) in [6, 6.07) is 3.88. The van der Waals surface area contributed by atoms with Gasteiger partial charge in [-0.05, 0) is 37.4 Å². The van der Waals surface area contributed by atoms with E-state index in [4.69, 9.17) is 10.5 Å². The van der Waals surface area contributed by atoms with Crippen molar-refractivity contribution in [3.63, 3.8) is 0 Å². The highest BCUT2D eigenvalue weighted by molar-refractivity contribution is 8.02. The van der Waals surface area contributed by atoms with E-state index in [-0.39, 0.29) is 24.0 Å². The molecule has 8 heteroatoms. The molecule has 0 aromatic rings. The van der Waals surface area contributed by atoms with Gasteiger partial charge in [-0.25, -0.2) is 0 Å². The number of nitrogens with zero attached hydrogens (tertiary/aromatic N) is 4. The molecule has 2 atom stereocenters. The number of hydrogen-bond acceptors (Lipinski definition) is 5. The molecule has 1 saturated heterocycles. The van der Waals surface area contributed by atoms with Gasteiger partial charge in [0.05, 0.1) is 10.9 Å². The molecule has 4 nitrogen and oxygen atoms in total. The summed E-state index contributed by atoms with van der Waals surface area (Å²) < 4.78 is 39.7. The Morgan fingerprint density at radius 2 is 1.60 bits per heavy atom. The molecule has 1 heterocycles. The number of alkyl halides is 3. The van der Waals surface area contributed by atoms with E-state index in [0.29, 0.717) is 50.0 Å². The predicted octanol–water partition coefficient (Wildman–Crippen LogP) is 3.20. The average Bonchev–Trinajstić information content (AvgIpc) is 2.57. The summed E-state index contributed by atoms with van der Waals surface area (Å²) in [6.07, 6.45) is -0.610. The van der Waals surface area contributed by atoms with Crippen LogP contribution in [-0.2, 0) is 0 Å². The van der Waals surface area contributed by atoms with Crippen molar-refractivity contribution in [3.8, 4) is 12.1 Å². The van der Waals surface area contributed by atoms with Crippen molar-refractivity contribution in [1.82, 2.24) is 9.80 Å². The number of nitriles is 2. The van der Waals surface area contributed by atoms with Crippen LogP contribution in [0.15, 0.2) is 10.6 Å². The van der Waals surface area contributed by atoms with Crippen molar-refractivity contribution in [2.45, 2.75) is 31.5 Å². The van der Waals surface area contributed by atoms with Gasteiger partial charge in [0.15, 0.2) is 5.57 Å². The number of piperazine rings is 1. The molecule has 0 aromatic heterocycles. The first-order valence-corrected chi connectivity index (χ1v) is 9.75. The third kappa shape index (κ3) is 3.47. The fourth-order valence-electron chi connectivity index (χ4n) is 4.61. The monoisotopic (exact) mass is 370 g/mol. The Bertz CT molecular complexity index is 603. The molecule has 25 heavy (non-hydrogen) atoms. The van der Waals surface area contributed by atoms with Crippen LogP contribution in [0.4, 0.5) is 13.2 Å². The second kappa shape index (κ2) is 7.09. The zero-order valence-corrected chi connectivity index (χ0v) is 14.9. The standard InChI is InChI=1S/C17H21F3N4S/c1-25-16(13(9-21)10-22)24-4-2-23(3-5-24)15-8-14(17(18,19)20)11-6-12(15)7-11/h11-12,14-15H,2-8H2,1H3. The SMILES string of the molecule is CSC(=C(C#N)C#N)N1CCN(C2CC(C(F)(F)F)C3CC2C3)CC1. The van der Waals surface area contributed by atoms with Gasteiger partial charge in [0.1, 0.15) is 12.1 Å². The summed E-state index contributed by atoms with van der Waals surface area (Å²) in [4.78, 5) is 4.21. The van der Waals surface area contributed by atoms with Crippen molar-refractivity contribution < 1.29 is 13.2 Å². The molecular weight excluding hydrogens is 349 g/mol. The molecule has 3 saturated carbocycles. The molecule has 0 spiro atoms. The van der Waals surface area contributed by atoms with E-state index in [2.05, 4.69) is 4.90 Å². The molecule has 0 radical (unpaired) electrons. The molecule has 4 aliphatic rings. The van der Waals surface area contributed by atoms with Crippen LogP contribution in [0.1, 0.15) is 19.3 Å². The fraction of sp³-hybridized carbons (Fsp3) is 0.765. The lowest BCUT2D eigenvalue weighted by molar-refractivity contribution is -0.228. The Morgan fingerprint density at radius 1 is 1.00 bits per heavy atom. The maximum absolute atomic E-state index is 13.2. The lowest BCUT2D eigenvalue weighted by Gasteiger charge is -2.55. The van der Waals surface area contributed by atoms with E-state index in [0.717, 1.165) is 0 Å². The Labute approximate surface area is 150 Å². The number of thioether (sulfide) groups is 1. The molecule has 1 aliphatic heterocycles. The summed E-state index contributed by atoms with van der Waals surface area (Å²) in [5.74, 6) is -0.909. The summed E-state index contributed by atoms with van der Waals surface area (Å²) in [6.45, 7) is 2.66. The van der Waals surface area contributed by atoms with Crippen molar-refractivity contribution in [1.29, 1.82) is 10.5 Å². The van der Waals surface area contributed by atoms with Crippen molar-refractivity contribution >= 4 is 11.8 Å². The van der Waals surface area contributed by atoms with Crippen LogP contribution < -0.4 is 0 Å². The van der Waals surface area contributed by atoms with Crippen LogP contribution in [0.2, 0.25) is 0 Å². The molecule has 0 aromatic carbocycles. The van der Waals surface area contributed by atoms with Crippen molar-refractivity contribution in [2.24, 2.45) is 17.8 Å². The number of fused-ring (bicyclic) bond motifs is 2. The van der Waals surface area contributed by atoms with Crippen LogP contribution in [0.3, 0.4) is 0 Å². The van der Waals surface area contributed by atoms with Gasteiger partial charge in [0.2, 0.25) is 0 Å². The minimum atomic E-state index is -4.08. The van der Waals surface area contributed by atoms with Gasteiger partial charge in [-0.3, -0.25) is 4.90 Å². The highest BCUT2D eigenvalue weighted by atomic mass is 32.2. The van der Waals surface area contributed by atoms with E-state index in [1.165, 1.54) is 11.8 Å².